The van der Waals surface area contributed by atoms with Crippen LogP contribution >= 0.6 is 0 Å². The van der Waals surface area contributed by atoms with E-state index in [1.54, 1.807) is 0 Å². The molecule has 12 rings (SSSR count). The van der Waals surface area contributed by atoms with Crippen molar-refractivity contribution in [2.45, 2.75) is 208 Å². The second kappa shape index (κ2) is 41.0. The first-order chi connectivity index (χ1) is 43.0. The molecule has 0 aliphatic rings. The van der Waals surface area contributed by atoms with Gasteiger partial charge in [-0.05, 0) is 224 Å². The summed E-state index contributed by atoms with van der Waals surface area (Å²) in [5.41, 5.74) is 23.3. The van der Waals surface area contributed by atoms with E-state index < -0.39 is 0 Å². The van der Waals surface area contributed by atoms with Crippen LogP contribution in [-0.2, 0) is 0 Å². The van der Waals surface area contributed by atoms with E-state index in [1.165, 1.54) is 76.8 Å². The number of fused-ring (bicyclic) bond motifs is 6. The molecule has 8 heteroatoms. The van der Waals surface area contributed by atoms with E-state index in [-0.39, 0.29) is 0 Å². The van der Waals surface area contributed by atoms with Crippen molar-refractivity contribution in [1.82, 2.24) is 39.9 Å². The molecule has 0 unspecified atom stereocenters. The van der Waals surface area contributed by atoms with Gasteiger partial charge in [0.2, 0.25) is 0 Å². The van der Waals surface area contributed by atoms with Crippen LogP contribution in [0.3, 0.4) is 0 Å². The molecule has 0 saturated heterocycles. The van der Waals surface area contributed by atoms with Crippen LogP contribution in [-0.4, -0.2) is 39.9 Å². The van der Waals surface area contributed by atoms with Gasteiger partial charge in [0.05, 0.1) is 22.1 Å². The monoisotopic (exact) mass is 1210 g/mol. The van der Waals surface area contributed by atoms with Gasteiger partial charge in [-0.2, -0.15) is 0 Å². The first-order valence-corrected chi connectivity index (χ1v) is 32.8. The Kier molecular flexibility index (Phi) is 36.3. The highest BCUT2D eigenvalue weighted by molar-refractivity contribution is 5.87. The van der Waals surface area contributed by atoms with Crippen LogP contribution in [0.5, 0.6) is 0 Å². The number of hydrogen-bond donors (Lipinski definition) is 0. The molecule has 480 valence electrons. The zero-order valence-electron chi connectivity index (χ0n) is 61.3. The minimum Gasteiger partial charge on any atom is -0.258 e. The number of hydrogen-bond acceptors (Lipinski definition) is 8. The Labute approximate surface area is 545 Å². The molecule has 0 radical (unpaired) electrons. The Hall–Kier alpha value is -8.36. The molecule has 0 bridgehead atoms. The molecular weight excluding hydrogens is 1100 g/mol. The van der Waals surface area contributed by atoms with Gasteiger partial charge in [0.1, 0.15) is 11.6 Å². The quantitative estimate of drug-likeness (QED) is 0.148. The number of aryl methyl sites for hydroxylation is 18. The predicted molar refractivity (Wildman–Crippen MR) is 399 cm³/mol. The summed E-state index contributed by atoms with van der Waals surface area (Å²) < 4.78 is 0. The van der Waals surface area contributed by atoms with Gasteiger partial charge in [-0.3, -0.25) is 19.9 Å². The van der Waals surface area contributed by atoms with Crippen LogP contribution in [0.2, 0.25) is 0 Å². The molecule has 0 spiro atoms. The summed E-state index contributed by atoms with van der Waals surface area (Å²) in [6, 6.07) is 46.8. The number of pyridine rings is 4. The third-order valence-electron chi connectivity index (χ3n) is 13.5. The van der Waals surface area contributed by atoms with Crippen molar-refractivity contribution < 1.29 is 0 Å². The van der Waals surface area contributed by atoms with Crippen molar-refractivity contribution in [3.8, 4) is 0 Å². The van der Waals surface area contributed by atoms with Gasteiger partial charge in [-0.15, -0.1) is 0 Å². The molecule has 0 aliphatic carbocycles. The molecule has 0 fully saturated rings. The topological polar surface area (TPSA) is 103 Å². The Morgan fingerprint density at radius 1 is 0.189 bits per heavy atom. The number of aromatic nitrogens is 8. The lowest BCUT2D eigenvalue weighted by Gasteiger charge is -2.03. The molecule has 0 atom stereocenters. The maximum absolute atomic E-state index is 4.50. The molecule has 0 aliphatic heterocycles. The maximum atomic E-state index is 4.50. The van der Waals surface area contributed by atoms with Gasteiger partial charge in [0.25, 0.3) is 0 Å². The molecule has 6 aromatic heterocycles. The van der Waals surface area contributed by atoms with Gasteiger partial charge in [-0.25, -0.2) is 19.9 Å². The molecule has 0 amide bonds. The zero-order chi connectivity index (χ0) is 68.5. The molecule has 12 aromatic rings. The van der Waals surface area contributed by atoms with Gasteiger partial charge >= 0.3 is 0 Å². The third kappa shape index (κ3) is 24.5. The highest BCUT2D eigenvalue weighted by atomic mass is 14.9. The van der Waals surface area contributed by atoms with Gasteiger partial charge in [0, 0.05) is 77.9 Å². The van der Waals surface area contributed by atoms with Gasteiger partial charge < -0.3 is 0 Å². The minimum absolute atomic E-state index is 0.842. The maximum Gasteiger partial charge on any atom is 0.126 e. The molecule has 90 heavy (non-hydrogen) atoms. The Bertz CT molecular complexity index is 3700. The number of nitrogens with zero attached hydrogens (tertiary/aromatic N) is 8. The standard InChI is InChI=1S/4C12H13N.2C11H12N2.6C2H6/c1-8-4-5-12-10(3)13-9(2)7-11(12)6-8;1-8-4-5-11-7-9(2)13-10(3)12(11)6-8;1-8-4-5-12-11(6-8)9(2)7-10(3)13-12;1-8-4-5-11-9(2)7-10(3)13-12(11)6-8;1-7-4-5-11-10(6-7)8(2)12-9(3)13-11;1-7-4-5-10-8(2)12-9(3)13-11(10)6-7;6*1-2/h4*4-7H,1-3H3;2*4-6H,1-3H3;6*1-2H3. The van der Waals surface area contributed by atoms with E-state index in [0.29, 0.717) is 0 Å². The van der Waals surface area contributed by atoms with Crippen molar-refractivity contribution in [3.63, 3.8) is 0 Å². The van der Waals surface area contributed by atoms with Crippen molar-refractivity contribution in [2.24, 2.45) is 0 Å². The molecule has 0 saturated carbocycles. The first-order valence-electron chi connectivity index (χ1n) is 32.8. The lowest BCUT2D eigenvalue weighted by Crippen LogP contribution is -1.93. The van der Waals surface area contributed by atoms with Crippen LogP contribution in [0.1, 0.15) is 185 Å². The van der Waals surface area contributed by atoms with Crippen LogP contribution < -0.4 is 0 Å². The largest absolute Gasteiger partial charge is 0.258 e. The summed E-state index contributed by atoms with van der Waals surface area (Å²) >= 11 is 0. The highest BCUT2D eigenvalue weighted by Crippen LogP contribution is 2.23. The van der Waals surface area contributed by atoms with Crippen molar-refractivity contribution in [3.05, 3.63) is 235 Å². The smallest absolute Gasteiger partial charge is 0.126 e. The van der Waals surface area contributed by atoms with Crippen molar-refractivity contribution in [1.29, 1.82) is 0 Å². The van der Waals surface area contributed by atoms with E-state index >= 15 is 0 Å². The van der Waals surface area contributed by atoms with Crippen LogP contribution in [0.25, 0.3) is 65.2 Å². The normalized spacial score (nSPS) is 9.67. The van der Waals surface area contributed by atoms with E-state index in [0.717, 1.165) is 90.0 Å². The van der Waals surface area contributed by atoms with Crippen LogP contribution in [0.4, 0.5) is 0 Å². The number of rotatable bonds is 0. The third-order valence-corrected chi connectivity index (χ3v) is 13.5. The second-order valence-corrected chi connectivity index (χ2v) is 21.1. The van der Waals surface area contributed by atoms with Crippen molar-refractivity contribution in [2.75, 3.05) is 0 Å². The summed E-state index contributed by atoms with van der Waals surface area (Å²) in [6.07, 6.45) is 0. The summed E-state index contributed by atoms with van der Waals surface area (Å²) in [5, 5.41) is 9.95. The molecule has 6 aromatic carbocycles. The van der Waals surface area contributed by atoms with E-state index in [1.807, 2.05) is 145 Å². The van der Waals surface area contributed by atoms with Crippen LogP contribution in [0.15, 0.2) is 133 Å². The fourth-order valence-electron chi connectivity index (χ4n) is 9.84. The zero-order valence-corrected chi connectivity index (χ0v) is 61.3. The SMILES string of the molecule is CC.CC.CC.CC.CC.CC.Cc1ccc2c(C)cc(C)nc2c1.Cc1ccc2c(C)nc(C)cc2c1.Cc1ccc2c(C)nc(C)nc2c1.Cc1ccc2cc(C)nc(C)c2c1.Cc1ccc2nc(C)cc(C)c2c1.Cc1ccc2nc(C)nc(C)c2c1. The van der Waals surface area contributed by atoms with Crippen molar-refractivity contribution >= 4 is 65.2 Å². The summed E-state index contributed by atoms with van der Waals surface area (Å²) in [7, 11) is 0. The summed E-state index contributed by atoms with van der Waals surface area (Å²) in [6.45, 7) is 61.0. The average molecular weight is 1210 g/mol. The Morgan fingerprint density at radius 3 is 1.01 bits per heavy atom. The fourth-order valence-corrected chi connectivity index (χ4v) is 9.84. The lowest BCUT2D eigenvalue weighted by molar-refractivity contribution is 1.05. The van der Waals surface area contributed by atoms with Gasteiger partial charge in [0.15, 0.2) is 0 Å². The number of benzene rings is 6. The Balaban J connectivity index is 0.000000522. The van der Waals surface area contributed by atoms with E-state index in [4.69, 9.17) is 0 Å². The highest BCUT2D eigenvalue weighted by Gasteiger charge is 2.05. The Morgan fingerprint density at radius 2 is 0.500 bits per heavy atom. The molecular formula is C82H112N8. The molecule has 0 N–H and O–H groups in total. The molecule has 8 nitrogen and oxygen atoms in total. The average Bonchev–Trinajstić information content (AvgIpc) is 1.14. The van der Waals surface area contributed by atoms with Crippen LogP contribution in [0, 0.1) is 125 Å². The molecule has 6 heterocycles. The summed E-state index contributed by atoms with van der Waals surface area (Å²) in [4.78, 5) is 35.3. The first kappa shape index (κ1) is 79.7. The van der Waals surface area contributed by atoms with E-state index in [2.05, 4.69) is 237 Å². The summed E-state index contributed by atoms with van der Waals surface area (Å²) in [5.74, 6) is 1.68. The van der Waals surface area contributed by atoms with E-state index in [9.17, 15) is 0 Å². The predicted octanol–water partition coefficient (Wildman–Crippen LogP) is 23.9. The lowest BCUT2D eigenvalue weighted by atomic mass is 10.1. The van der Waals surface area contributed by atoms with Gasteiger partial charge in [-0.1, -0.05) is 172 Å². The second-order valence-electron chi connectivity index (χ2n) is 21.1. The fraction of sp³-hybridized carbons (Fsp3) is 0.366. The minimum atomic E-state index is 0.842.